The van der Waals surface area contributed by atoms with Crippen molar-refractivity contribution in [3.8, 4) is 0 Å². The summed E-state index contributed by atoms with van der Waals surface area (Å²) in [6.07, 6.45) is 5.48. The molecule has 4 aliphatic rings. The number of carbonyl (C=O) groups excluding carboxylic acids is 3. The fourth-order valence-corrected chi connectivity index (χ4v) is 7.56. The molecule has 1 aromatic carbocycles. The maximum Gasteiger partial charge on any atom is 0.331 e. The van der Waals surface area contributed by atoms with Gasteiger partial charge in [-0.2, -0.15) is 0 Å². The molecule has 1 spiro atoms. The van der Waals surface area contributed by atoms with Crippen molar-refractivity contribution in [3.05, 3.63) is 29.3 Å². The highest BCUT2D eigenvalue weighted by Crippen LogP contribution is 2.36. The molecule has 1 N–H and O–H groups in total. The molecule has 5 rings (SSSR count). The van der Waals surface area contributed by atoms with Crippen molar-refractivity contribution in [1.29, 1.82) is 0 Å². The van der Waals surface area contributed by atoms with Crippen molar-refractivity contribution in [3.63, 3.8) is 0 Å². The summed E-state index contributed by atoms with van der Waals surface area (Å²) < 4.78 is 27.9. The largest absolute Gasteiger partial charge is 0.331 e. The first kappa shape index (κ1) is 26.8. The molecule has 1 aliphatic carbocycles. The van der Waals surface area contributed by atoms with E-state index >= 15 is 0 Å². The van der Waals surface area contributed by atoms with Crippen molar-refractivity contribution in [2.75, 3.05) is 37.3 Å². The SMILES string of the molecule is Cc1cc(N2C(=O)CN(C)C2=O)ccc1CCS(=O)(=O)N1CCC2(CC1)N=C(C1CCC(C)CC1)NC2=O. The molecule has 1 aromatic rings. The number of rotatable bonds is 6. The Hall–Kier alpha value is -2.79. The van der Waals surface area contributed by atoms with Crippen LogP contribution in [0.5, 0.6) is 0 Å². The average molecular weight is 544 g/mol. The van der Waals surface area contributed by atoms with E-state index in [0.29, 0.717) is 36.8 Å². The lowest BCUT2D eigenvalue weighted by molar-refractivity contribution is -0.125. The molecule has 2 saturated heterocycles. The Labute approximate surface area is 224 Å². The van der Waals surface area contributed by atoms with Crippen molar-refractivity contribution < 1.29 is 22.8 Å². The number of amidine groups is 1. The van der Waals surface area contributed by atoms with Crippen LogP contribution >= 0.6 is 0 Å². The van der Waals surface area contributed by atoms with Gasteiger partial charge in [0.15, 0.2) is 0 Å². The van der Waals surface area contributed by atoms with Gasteiger partial charge in [0.1, 0.15) is 17.9 Å². The predicted octanol–water partition coefficient (Wildman–Crippen LogP) is 2.45. The number of nitrogens with one attached hydrogen (secondary N) is 1. The topological polar surface area (TPSA) is 119 Å². The van der Waals surface area contributed by atoms with E-state index in [1.807, 2.05) is 6.92 Å². The summed E-state index contributed by atoms with van der Waals surface area (Å²) in [6.45, 7) is 4.71. The number of sulfonamides is 1. The minimum Gasteiger partial charge on any atom is -0.318 e. The summed E-state index contributed by atoms with van der Waals surface area (Å²) in [4.78, 5) is 44.8. The quantitative estimate of drug-likeness (QED) is 0.553. The molecular formula is C27H37N5O5S. The molecule has 38 heavy (non-hydrogen) atoms. The molecule has 10 nitrogen and oxygen atoms in total. The smallest absolute Gasteiger partial charge is 0.318 e. The average Bonchev–Trinajstić information content (AvgIpc) is 3.33. The first-order chi connectivity index (χ1) is 18.0. The normalized spacial score (nSPS) is 26.3. The number of benzene rings is 1. The van der Waals surface area contributed by atoms with Gasteiger partial charge in [0.25, 0.3) is 11.8 Å². The summed E-state index contributed by atoms with van der Waals surface area (Å²) in [5.74, 6) is 1.41. The second-order valence-corrected chi connectivity index (χ2v) is 13.5. The Balaban J connectivity index is 1.19. The number of hydrogen-bond acceptors (Lipinski definition) is 6. The van der Waals surface area contributed by atoms with Gasteiger partial charge in [-0.1, -0.05) is 25.8 Å². The van der Waals surface area contributed by atoms with Crippen molar-refractivity contribution >= 4 is 39.4 Å². The van der Waals surface area contributed by atoms with Crippen LogP contribution in [0.2, 0.25) is 0 Å². The number of imide groups is 1. The monoisotopic (exact) mass is 543 g/mol. The summed E-state index contributed by atoms with van der Waals surface area (Å²) in [6, 6.07) is 4.86. The maximum absolute atomic E-state index is 13.2. The number of amides is 4. The number of piperidine rings is 1. The first-order valence-electron chi connectivity index (χ1n) is 13.6. The molecule has 3 heterocycles. The number of anilines is 1. The lowest BCUT2D eigenvalue weighted by atomic mass is 9.82. The predicted molar refractivity (Wildman–Crippen MR) is 144 cm³/mol. The fraction of sp³-hybridized carbons (Fsp3) is 0.630. The van der Waals surface area contributed by atoms with Crippen molar-refractivity contribution in [2.24, 2.45) is 16.8 Å². The molecular weight excluding hydrogens is 506 g/mol. The Bertz CT molecular complexity index is 1280. The number of urea groups is 1. The lowest BCUT2D eigenvalue weighted by Gasteiger charge is -2.34. The number of nitrogens with zero attached hydrogens (tertiary/aromatic N) is 4. The first-order valence-corrected chi connectivity index (χ1v) is 15.2. The van der Waals surface area contributed by atoms with Crippen molar-refractivity contribution in [2.45, 2.75) is 64.3 Å². The standard InChI is InChI=1S/C27H37N5O5S/c1-18-4-6-21(7-5-18)24-28-25(34)27(29-24)11-13-31(14-12-27)38(36,37)15-10-20-8-9-22(16-19(20)2)32-23(33)17-30(3)26(32)35/h8-9,16,18,21H,4-7,10-15,17H2,1-3H3,(H,28,29,34). The number of aliphatic imine (C=N–C) groups is 1. The van der Waals surface area contributed by atoms with E-state index in [-0.39, 0.29) is 43.2 Å². The molecule has 3 fully saturated rings. The molecule has 11 heteroatoms. The molecule has 0 unspecified atom stereocenters. The molecule has 0 bridgehead atoms. The van der Waals surface area contributed by atoms with Gasteiger partial charge < -0.3 is 10.2 Å². The number of likely N-dealkylation sites (N-methyl/N-ethyl adjacent to an activating group) is 1. The van der Waals surface area contributed by atoms with Crippen LogP contribution in [0.15, 0.2) is 23.2 Å². The molecule has 206 valence electrons. The van der Waals surface area contributed by atoms with Gasteiger partial charge in [0.2, 0.25) is 10.0 Å². The second-order valence-electron chi connectivity index (χ2n) is 11.4. The summed E-state index contributed by atoms with van der Waals surface area (Å²) in [5, 5.41) is 3.03. The van der Waals surface area contributed by atoms with E-state index in [2.05, 4.69) is 12.2 Å². The molecule has 3 aliphatic heterocycles. The van der Waals surface area contributed by atoms with E-state index < -0.39 is 15.6 Å². The van der Waals surface area contributed by atoms with Gasteiger partial charge >= 0.3 is 6.03 Å². The Morgan fingerprint density at radius 2 is 1.76 bits per heavy atom. The summed E-state index contributed by atoms with van der Waals surface area (Å²) in [7, 11) is -1.95. The van der Waals surface area contributed by atoms with Crippen LogP contribution in [0.3, 0.4) is 0 Å². The van der Waals surface area contributed by atoms with Crippen LogP contribution in [0.4, 0.5) is 10.5 Å². The zero-order valence-electron chi connectivity index (χ0n) is 22.4. The molecule has 0 radical (unpaired) electrons. The third-order valence-corrected chi connectivity index (χ3v) is 10.6. The minimum absolute atomic E-state index is 0.0448. The van der Waals surface area contributed by atoms with E-state index in [1.165, 1.54) is 9.21 Å². The minimum atomic E-state index is -3.52. The van der Waals surface area contributed by atoms with Gasteiger partial charge in [-0.05, 0) is 68.2 Å². The van der Waals surface area contributed by atoms with E-state index in [0.717, 1.165) is 47.5 Å². The Morgan fingerprint density at radius 3 is 2.37 bits per heavy atom. The number of hydrogen-bond donors (Lipinski definition) is 1. The van der Waals surface area contributed by atoms with Crippen LogP contribution in [0.1, 0.15) is 56.6 Å². The van der Waals surface area contributed by atoms with Crippen LogP contribution in [-0.4, -0.2) is 79.3 Å². The number of carbonyl (C=O) groups is 3. The van der Waals surface area contributed by atoms with Crippen LogP contribution in [-0.2, 0) is 26.0 Å². The van der Waals surface area contributed by atoms with Crippen LogP contribution in [0.25, 0.3) is 0 Å². The van der Waals surface area contributed by atoms with E-state index in [9.17, 15) is 22.8 Å². The number of aryl methyl sites for hydroxylation is 2. The van der Waals surface area contributed by atoms with Gasteiger partial charge in [0.05, 0.1) is 11.4 Å². The summed E-state index contributed by atoms with van der Waals surface area (Å²) >= 11 is 0. The van der Waals surface area contributed by atoms with Crippen LogP contribution < -0.4 is 10.2 Å². The van der Waals surface area contributed by atoms with Crippen LogP contribution in [0, 0.1) is 18.8 Å². The highest BCUT2D eigenvalue weighted by molar-refractivity contribution is 7.89. The van der Waals surface area contributed by atoms with E-state index in [1.54, 1.807) is 25.2 Å². The third-order valence-electron chi connectivity index (χ3n) is 8.70. The molecule has 1 saturated carbocycles. The zero-order chi connectivity index (χ0) is 27.2. The van der Waals surface area contributed by atoms with Gasteiger partial charge in [-0.25, -0.2) is 22.4 Å². The Kier molecular flexibility index (Phi) is 7.10. The fourth-order valence-electron chi connectivity index (χ4n) is 6.08. The Morgan fingerprint density at radius 1 is 1.08 bits per heavy atom. The third kappa shape index (κ3) is 4.98. The van der Waals surface area contributed by atoms with E-state index in [4.69, 9.17) is 4.99 Å². The van der Waals surface area contributed by atoms with Gasteiger partial charge in [-0.3, -0.25) is 14.6 Å². The lowest BCUT2D eigenvalue weighted by Crippen LogP contribution is -2.51. The highest BCUT2D eigenvalue weighted by atomic mass is 32.2. The molecule has 0 atom stereocenters. The molecule has 4 amide bonds. The van der Waals surface area contributed by atoms with Crippen molar-refractivity contribution in [1.82, 2.24) is 14.5 Å². The maximum atomic E-state index is 13.2. The molecule has 0 aromatic heterocycles. The summed E-state index contributed by atoms with van der Waals surface area (Å²) in [5.41, 5.74) is 1.33. The zero-order valence-corrected chi connectivity index (χ0v) is 23.2. The van der Waals surface area contributed by atoms with Gasteiger partial charge in [-0.15, -0.1) is 0 Å². The second kappa shape index (κ2) is 10.1. The highest BCUT2D eigenvalue weighted by Gasteiger charge is 2.48. The van der Waals surface area contributed by atoms with Gasteiger partial charge in [0, 0.05) is 26.1 Å².